The second-order valence-corrected chi connectivity index (χ2v) is 9.04. The highest BCUT2D eigenvalue weighted by atomic mass is 32.2. The molecule has 1 heterocycles. The first-order chi connectivity index (χ1) is 9.51. The average molecular weight is 316 g/mol. The van der Waals surface area contributed by atoms with Gasteiger partial charge in [0.15, 0.2) is 0 Å². The molecule has 20 heavy (non-hydrogen) atoms. The number of hydrogen-bond donors (Lipinski definition) is 1. The Morgan fingerprint density at radius 2 is 2.30 bits per heavy atom. The van der Waals surface area contributed by atoms with Crippen molar-refractivity contribution in [2.24, 2.45) is 0 Å². The molecule has 0 radical (unpaired) electrons. The molecule has 0 aliphatic heterocycles. The Balaban J connectivity index is 2.11. The largest absolute Gasteiger partial charge is 0.313 e. The van der Waals surface area contributed by atoms with Crippen LogP contribution in [-0.2, 0) is 16.3 Å². The van der Waals surface area contributed by atoms with Crippen LogP contribution in [0.4, 0.5) is 0 Å². The van der Waals surface area contributed by atoms with E-state index in [4.69, 9.17) is 0 Å². The molecule has 0 aromatic carbocycles. The third kappa shape index (κ3) is 4.30. The maximum absolute atomic E-state index is 11.5. The fourth-order valence-corrected chi connectivity index (χ4v) is 4.74. The van der Waals surface area contributed by atoms with Gasteiger partial charge in [0.05, 0.1) is 5.75 Å². The van der Waals surface area contributed by atoms with Crippen LogP contribution in [0, 0.1) is 0 Å². The van der Waals surface area contributed by atoms with Gasteiger partial charge in [-0.2, -0.15) is 0 Å². The summed E-state index contributed by atoms with van der Waals surface area (Å²) in [5.41, 5.74) is 1.46. The van der Waals surface area contributed by atoms with Crippen LogP contribution in [0.15, 0.2) is 11.4 Å². The molecule has 0 saturated carbocycles. The first-order valence-electron chi connectivity index (χ1n) is 7.48. The summed E-state index contributed by atoms with van der Waals surface area (Å²) >= 11 is 1.85. The fourth-order valence-electron chi connectivity index (χ4n) is 3.06. The Bertz CT molecular complexity index is 522. The molecule has 3 nitrogen and oxygen atoms in total. The molecule has 1 aliphatic carbocycles. The molecule has 0 spiro atoms. The summed E-state index contributed by atoms with van der Waals surface area (Å²) in [6.07, 6.45) is 6.73. The molecular weight excluding hydrogens is 290 g/mol. The van der Waals surface area contributed by atoms with Gasteiger partial charge >= 0.3 is 0 Å². The van der Waals surface area contributed by atoms with Gasteiger partial charge in [-0.05, 0) is 55.7 Å². The zero-order chi connectivity index (χ0) is 14.6. The number of nitrogens with one attached hydrogen (secondary N) is 1. The van der Waals surface area contributed by atoms with Gasteiger partial charge < -0.3 is 5.32 Å². The smallest absolute Gasteiger partial charge is 0.147 e. The topological polar surface area (TPSA) is 46.2 Å². The summed E-state index contributed by atoms with van der Waals surface area (Å²) in [5.74, 6) is 0.767. The minimum Gasteiger partial charge on any atom is -0.313 e. The van der Waals surface area contributed by atoms with E-state index in [9.17, 15) is 8.42 Å². The molecular formula is C15H25NO2S2. The van der Waals surface area contributed by atoms with Gasteiger partial charge in [-0.25, -0.2) is 8.42 Å². The van der Waals surface area contributed by atoms with Crippen LogP contribution in [0.1, 0.15) is 49.0 Å². The minimum absolute atomic E-state index is 0.282. The van der Waals surface area contributed by atoms with E-state index in [2.05, 4.69) is 23.7 Å². The van der Waals surface area contributed by atoms with E-state index in [1.54, 1.807) is 0 Å². The van der Waals surface area contributed by atoms with Gasteiger partial charge in [-0.1, -0.05) is 6.92 Å². The van der Waals surface area contributed by atoms with Crippen LogP contribution in [-0.4, -0.2) is 33.0 Å². The zero-order valence-electron chi connectivity index (χ0n) is 12.4. The zero-order valence-corrected chi connectivity index (χ0v) is 14.0. The van der Waals surface area contributed by atoms with Crippen LogP contribution in [0.3, 0.4) is 0 Å². The molecule has 2 rings (SSSR count). The fraction of sp³-hybridized carbons (Fsp3) is 0.733. The lowest BCUT2D eigenvalue weighted by Crippen LogP contribution is -2.38. The Labute approximate surface area is 126 Å². The molecule has 0 saturated heterocycles. The van der Waals surface area contributed by atoms with Gasteiger partial charge in [0.2, 0.25) is 0 Å². The van der Waals surface area contributed by atoms with E-state index in [1.165, 1.54) is 36.0 Å². The standard InChI is InChI=1S/C15H25NO2S2/c1-3-9-16-14(8-11-20(2,17)18)12-5-4-6-15-13(12)7-10-19-15/h7,10,12,14,16H,3-6,8-9,11H2,1-2H3. The normalized spacial score (nSPS) is 20.6. The Hall–Kier alpha value is -0.390. The van der Waals surface area contributed by atoms with Crippen LogP contribution >= 0.6 is 11.3 Å². The van der Waals surface area contributed by atoms with Crippen LogP contribution < -0.4 is 5.32 Å². The predicted octanol–water partition coefficient (Wildman–Crippen LogP) is 2.97. The van der Waals surface area contributed by atoms with E-state index < -0.39 is 9.84 Å². The van der Waals surface area contributed by atoms with Gasteiger partial charge in [0.25, 0.3) is 0 Å². The summed E-state index contributed by atoms with van der Waals surface area (Å²) in [5, 5.41) is 5.76. The Kier molecular flexibility index (Phi) is 5.64. The Morgan fingerprint density at radius 3 is 3.00 bits per heavy atom. The molecule has 0 fully saturated rings. The predicted molar refractivity (Wildman–Crippen MR) is 86.4 cm³/mol. The summed E-state index contributed by atoms with van der Waals surface area (Å²) in [7, 11) is -2.88. The molecule has 2 unspecified atom stereocenters. The first-order valence-corrected chi connectivity index (χ1v) is 10.4. The third-order valence-electron chi connectivity index (χ3n) is 4.04. The van der Waals surface area contributed by atoms with E-state index in [0.717, 1.165) is 19.4 Å². The number of aryl methyl sites for hydroxylation is 1. The van der Waals surface area contributed by atoms with Gasteiger partial charge in [-0.3, -0.25) is 0 Å². The van der Waals surface area contributed by atoms with Crippen molar-refractivity contribution in [1.29, 1.82) is 0 Å². The monoisotopic (exact) mass is 315 g/mol. The maximum atomic E-state index is 11.5. The molecule has 1 aromatic heterocycles. The second kappa shape index (κ2) is 7.05. The third-order valence-corrected chi connectivity index (χ3v) is 6.01. The number of fused-ring (bicyclic) bond motifs is 1. The summed E-state index contributed by atoms with van der Waals surface area (Å²) in [6, 6.07) is 2.53. The summed E-state index contributed by atoms with van der Waals surface area (Å²) in [6.45, 7) is 3.11. The summed E-state index contributed by atoms with van der Waals surface area (Å²) in [4.78, 5) is 1.50. The average Bonchev–Trinajstić information content (AvgIpc) is 2.86. The lowest BCUT2D eigenvalue weighted by molar-refractivity contribution is 0.385. The van der Waals surface area contributed by atoms with E-state index in [0.29, 0.717) is 12.0 Å². The number of sulfone groups is 1. The van der Waals surface area contributed by atoms with E-state index in [1.807, 2.05) is 11.3 Å². The van der Waals surface area contributed by atoms with Gasteiger partial charge in [-0.15, -0.1) is 11.3 Å². The van der Waals surface area contributed by atoms with Crippen molar-refractivity contribution in [2.75, 3.05) is 18.6 Å². The highest BCUT2D eigenvalue weighted by Gasteiger charge is 2.28. The molecule has 114 valence electrons. The molecule has 1 aliphatic rings. The quantitative estimate of drug-likeness (QED) is 0.841. The Morgan fingerprint density at radius 1 is 1.50 bits per heavy atom. The van der Waals surface area contributed by atoms with Gasteiger partial charge in [0.1, 0.15) is 9.84 Å². The van der Waals surface area contributed by atoms with Gasteiger partial charge in [0, 0.05) is 23.1 Å². The first kappa shape index (κ1) is 16.0. The highest BCUT2D eigenvalue weighted by molar-refractivity contribution is 7.90. The molecule has 1 aromatic rings. The minimum atomic E-state index is -2.88. The number of thiophene rings is 1. The van der Waals surface area contributed by atoms with Crippen molar-refractivity contribution in [2.45, 2.75) is 51.0 Å². The van der Waals surface area contributed by atoms with Crippen molar-refractivity contribution in [3.63, 3.8) is 0 Å². The van der Waals surface area contributed by atoms with Crippen molar-refractivity contribution < 1.29 is 8.42 Å². The summed E-state index contributed by atoms with van der Waals surface area (Å²) < 4.78 is 22.9. The van der Waals surface area contributed by atoms with E-state index in [-0.39, 0.29) is 5.75 Å². The van der Waals surface area contributed by atoms with Crippen LogP contribution in [0.5, 0.6) is 0 Å². The molecule has 5 heteroatoms. The SMILES string of the molecule is CCCNC(CCS(C)(=O)=O)C1CCCc2sccc21. The molecule has 0 amide bonds. The van der Waals surface area contributed by atoms with Crippen molar-refractivity contribution in [1.82, 2.24) is 5.32 Å². The van der Waals surface area contributed by atoms with Crippen LogP contribution in [0.2, 0.25) is 0 Å². The van der Waals surface area contributed by atoms with Crippen LogP contribution in [0.25, 0.3) is 0 Å². The van der Waals surface area contributed by atoms with Crippen molar-refractivity contribution in [3.05, 3.63) is 21.9 Å². The molecule has 2 atom stereocenters. The second-order valence-electron chi connectivity index (χ2n) is 5.78. The molecule has 1 N–H and O–H groups in total. The maximum Gasteiger partial charge on any atom is 0.147 e. The van der Waals surface area contributed by atoms with Crippen molar-refractivity contribution in [3.8, 4) is 0 Å². The van der Waals surface area contributed by atoms with E-state index >= 15 is 0 Å². The molecule has 0 bridgehead atoms. The number of hydrogen-bond acceptors (Lipinski definition) is 4. The lowest BCUT2D eigenvalue weighted by atomic mass is 9.81. The lowest BCUT2D eigenvalue weighted by Gasteiger charge is -2.31. The highest BCUT2D eigenvalue weighted by Crippen LogP contribution is 2.37. The number of rotatable bonds is 7. The van der Waals surface area contributed by atoms with Crippen molar-refractivity contribution >= 4 is 21.2 Å².